The summed E-state index contributed by atoms with van der Waals surface area (Å²) < 4.78 is 29.6. The molecule has 3 aliphatic carbocycles. The highest BCUT2D eigenvalue weighted by Crippen LogP contribution is 2.61. The fraction of sp³-hybridized carbons (Fsp3) is 0.700. The maximum Gasteiger partial charge on any atom is 0.303 e. The molecule has 0 N–H and O–H groups in total. The minimum Gasteiger partial charge on any atom is -0.462 e. The van der Waals surface area contributed by atoms with Gasteiger partial charge in [-0.3, -0.25) is 24.0 Å². The van der Waals surface area contributed by atoms with Crippen LogP contribution in [0.2, 0.25) is 0 Å². The Bertz CT molecular complexity index is 1130. The quantitative estimate of drug-likeness (QED) is 0.275. The smallest absolute Gasteiger partial charge is 0.303 e. The van der Waals surface area contributed by atoms with Crippen LogP contribution in [0.1, 0.15) is 81.6 Å². The number of ether oxygens (including phenoxy) is 5. The average molecular weight is 563 g/mol. The predicted molar refractivity (Wildman–Crippen MR) is 142 cm³/mol. The van der Waals surface area contributed by atoms with E-state index in [4.69, 9.17) is 23.7 Å². The summed E-state index contributed by atoms with van der Waals surface area (Å²) in [5.74, 6) is -3.98. The number of fused-ring (bicyclic) bond motifs is 3. The maximum absolute atomic E-state index is 12.7. The van der Waals surface area contributed by atoms with E-state index in [1.807, 2.05) is 27.7 Å². The van der Waals surface area contributed by atoms with E-state index < -0.39 is 83.0 Å². The van der Waals surface area contributed by atoms with Gasteiger partial charge in [0.15, 0.2) is 6.10 Å². The van der Waals surface area contributed by atoms with Crippen LogP contribution in [0.3, 0.4) is 0 Å². The molecular weight excluding hydrogens is 520 g/mol. The highest BCUT2D eigenvalue weighted by molar-refractivity contribution is 5.69. The molecule has 0 aromatic heterocycles. The second kappa shape index (κ2) is 11.4. The highest BCUT2D eigenvalue weighted by Gasteiger charge is 2.65. The van der Waals surface area contributed by atoms with Gasteiger partial charge in [-0.05, 0) is 36.3 Å². The molecule has 222 valence electrons. The van der Waals surface area contributed by atoms with Crippen LogP contribution in [0.4, 0.5) is 0 Å². The van der Waals surface area contributed by atoms with Crippen molar-refractivity contribution in [2.45, 2.75) is 112 Å². The second-order valence-corrected chi connectivity index (χ2v) is 12.1. The van der Waals surface area contributed by atoms with E-state index in [0.29, 0.717) is 18.4 Å². The van der Waals surface area contributed by atoms with Gasteiger partial charge in [-0.25, -0.2) is 0 Å². The summed E-state index contributed by atoms with van der Waals surface area (Å²) in [7, 11) is 0. The van der Waals surface area contributed by atoms with E-state index >= 15 is 0 Å². The van der Waals surface area contributed by atoms with Crippen LogP contribution >= 0.6 is 0 Å². The summed E-state index contributed by atoms with van der Waals surface area (Å²) in [6.07, 6.45) is -3.23. The average Bonchev–Trinajstić information content (AvgIpc) is 2.76. The van der Waals surface area contributed by atoms with E-state index in [2.05, 4.69) is 6.58 Å². The van der Waals surface area contributed by atoms with Crippen molar-refractivity contribution in [3.63, 3.8) is 0 Å². The molecule has 2 fully saturated rings. The summed E-state index contributed by atoms with van der Waals surface area (Å²) in [5, 5.41) is 0. The lowest BCUT2D eigenvalue weighted by Crippen LogP contribution is -2.65. The van der Waals surface area contributed by atoms with Crippen LogP contribution < -0.4 is 0 Å². The number of hydrogen-bond donors (Lipinski definition) is 0. The Balaban J connectivity index is 2.43. The van der Waals surface area contributed by atoms with E-state index in [9.17, 15) is 24.0 Å². The maximum atomic E-state index is 12.7. The third-order valence-corrected chi connectivity index (χ3v) is 8.77. The lowest BCUT2D eigenvalue weighted by atomic mass is 9.49. The van der Waals surface area contributed by atoms with Gasteiger partial charge in [0, 0.05) is 58.3 Å². The van der Waals surface area contributed by atoms with E-state index in [1.54, 1.807) is 0 Å². The first-order chi connectivity index (χ1) is 18.4. The molecule has 2 bridgehead atoms. The molecule has 0 aromatic carbocycles. The monoisotopic (exact) mass is 562 g/mol. The van der Waals surface area contributed by atoms with Crippen LogP contribution in [0.5, 0.6) is 0 Å². The number of esters is 5. The van der Waals surface area contributed by atoms with Gasteiger partial charge in [-0.1, -0.05) is 32.9 Å². The fourth-order valence-corrected chi connectivity index (χ4v) is 7.65. The molecule has 2 saturated carbocycles. The molecular formula is C30H42O10. The molecule has 0 spiro atoms. The van der Waals surface area contributed by atoms with Crippen molar-refractivity contribution < 1.29 is 47.7 Å². The molecule has 0 heterocycles. The van der Waals surface area contributed by atoms with Gasteiger partial charge < -0.3 is 23.7 Å². The Labute approximate surface area is 235 Å². The molecule has 0 aromatic rings. The second-order valence-electron chi connectivity index (χ2n) is 12.1. The number of carbonyl (C=O) groups excluding carboxylic acids is 5. The predicted octanol–water partition coefficient (Wildman–Crippen LogP) is 3.99. The van der Waals surface area contributed by atoms with Crippen molar-refractivity contribution in [1.82, 2.24) is 0 Å². The molecule has 0 saturated heterocycles. The Morgan fingerprint density at radius 1 is 0.775 bits per heavy atom. The summed E-state index contributed by atoms with van der Waals surface area (Å²) in [6, 6.07) is 0. The number of rotatable bonds is 5. The fourth-order valence-electron chi connectivity index (χ4n) is 7.65. The minimum absolute atomic E-state index is 0.286. The van der Waals surface area contributed by atoms with Crippen molar-refractivity contribution in [2.75, 3.05) is 0 Å². The van der Waals surface area contributed by atoms with Gasteiger partial charge in [0.05, 0.1) is 0 Å². The van der Waals surface area contributed by atoms with Crippen molar-refractivity contribution in [1.29, 1.82) is 0 Å². The lowest BCUT2D eigenvalue weighted by Gasteiger charge is -2.60. The third-order valence-electron chi connectivity index (χ3n) is 8.77. The largest absolute Gasteiger partial charge is 0.462 e. The van der Waals surface area contributed by atoms with Crippen molar-refractivity contribution in [3.05, 3.63) is 23.3 Å². The molecule has 40 heavy (non-hydrogen) atoms. The van der Waals surface area contributed by atoms with E-state index in [-0.39, 0.29) is 6.42 Å². The van der Waals surface area contributed by atoms with E-state index in [0.717, 1.165) is 11.1 Å². The van der Waals surface area contributed by atoms with Crippen LogP contribution in [-0.4, -0.2) is 60.4 Å². The first kappa shape index (κ1) is 31.4. The topological polar surface area (TPSA) is 132 Å². The van der Waals surface area contributed by atoms with Gasteiger partial charge in [0.2, 0.25) is 0 Å². The summed E-state index contributed by atoms with van der Waals surface area (Å²) >= 11 is 0. The van der Waals surface area contributed by atoms with Gasteiger partial charge in [-0.15, -0.1) is 0 Å². The van der Waals surface area contributed by atoms with E-state index in [1.165, 1.54) is 34.6 Å². The Hall–Kier alpha value is -3.17. The van der Waals surface area contributed by atoms with Gasteiger partial charge in [-0.2, -0.15) is 0 Å². The molecule has 0 aliphatic heterocycles. The molecule has 0 unspecified atom stereocenters. The van der Waals surface area contributed by atoms with Gasteiger partial charge >= 0.3 is 29.8 Å². The van der Waals surface area contributed by atoms with Crippen LogP contribution in [0, 0.1) is 22.7 Å². The molecule has 0 amide bonds. The first-order valence-corrected chi connectivity index (χ1v) is 13.7. The van der Waals surface area contributed by atoms with Gasteiger partial charge in [0.1, 0.15) is 24.4 Å². The van der Waals surface area contributed by atoms with Crippen LogP contribution in [0.15, 0.2) is 23.3 Å². The highest BCUT2D eigenvalue weighted by atomic mass is 16.6. The van der Waals surface area contributed by atoms with Crippen molar-refractivity contribution in [3.8, 4) is 0 Å². The van der Waals surface area contributed by atoms with Crippen molar-refractivity contribution >= 4 is 29.8 Å². The molecule has 8 atom stereocenters. The normalized spacial score (nSPS) is 34.8. The molecule has 0 radical (unpaired) electrons. The lowest BCUT2D eigenvalue weighted by molar-refractivity contribution is -0.211. The molecule has 10 heteroatoms. The zero-order valence-electron chi connectivity index (χ0n) is 25.0. The minimum atomic E-state index is -0.988. The Morgan fingerprint density at radius 3 is 1.80 bits per heavy atom. The zero-order chi connectivity index (χ0) is 30.3. The molecule has 3 aliphatic rings. The standard InChI is InChI=1S/C30H42O10/c1-14-13-22(37-17(4)32)25-26(38-18(5)33)24-15(2)21(36-16(3)31)11-12-30(24,10)28(40-20(7)35)27(39-19(6)34)23(14)29(25,8)9/h21-22,24-28H,2,11-13H2,1,3-10H3/t21-,22-,24-,25-,26-,27+,28-,30+/m0/s1. The van der Waals surface area contributed by atoms with Crippen molar-refractivity contribution in [2.24, 2.45) is 22.7 Å². The van der Waals surface area contributed by atoms with Crippen LogP contribution in [-0.2, 0) is 47.7 Å². The van der Waals surface area contributed by atoms with Crippen LogP contribution in [0.25, 0.3) is 0 Å². The molecule has 3 rings (SSSR count). The summed E-state index contributed by atoms with van der Waals surface area (Å²) in [6.45, 7) is 18.4. The molecule has 10 nitrogen and oxygen atoms in total. The SMILES string of the molecule is C=C1[C@@H](OC(C)=O)CC[C@@]2(C)[C@@H](OC(C)=O)[C@H](OC(C)=O)C3=C(C)C[C@H](OC(C)=O)[C@@H]([C@@H](OC(C)=O)[C@H]12)C3(C)C. The number of carbonyl (C=O) groups is 5. The Morgan fingerprint density at radius 2 is 1.30 bits per heavy atom. The number of hydrogen-bond acceptors (Lipinski definition) is 10. The third kappa shape index (κ3) is 5.81. The van der Waals surface area contributed by atoms with Gasteiger partial charge in [0.25, 0.3) is 0 Å². The zero-order valence-corrected chi connectivity index (χ0v) is 25.0. The Kier molecular flexibility index (Phi) is 8.91. The summed E-state index contributed by atoms with van der Waals surface area (Å²) in [4.78, 5) is 62.1. The summed E-state index contributed by atoms with van der Waals surface area (Å²) in [5.41, 5.74) is 0.176. The first-order valence-electron chi connectivity index (χ1n) is 13.7.